The molecule has 1 aliphatic heterocycles. The number of carbonyl (C=O) groups excluding carboxylic acids is 3. The molecule has 0 saturated heterocycles. The van der Waals surface area contributed by atoms with Crippen LogP contribution in [-0.4, -0.2) is 37.0 Å². The first-order valence-electron chi connectivity index (χ1n) is 9.61. The largest absolute Gasteiger partial charge is 0.476 e. The fourth-order valence-electron chi connectivity index (χ4n) is 2.97. The second-order valence-corrected chi connectivity index (χ2v) is 6.76. The normalized spacial score (nSPS) is 15.1. The first-order valence-corrected chi connectivity index (χ1v) is 9.61. The molecule has 2 amide bonds. The van der Waals surface area contributed by atoms with E-state index in [9.17, 15) is 14.4 Å². The zero-order valence-electron chi connectivity index (χ0n) is 16.5. The molecule has 1 heterocycles. The van der Waals surface area contributed by atoms with E-state index in [0.29, 0.717) is 29.3 Å². The quantitative estimate of drug-likeness (QED) is 0.598. The molecule has 7 heteroatoms. The Bertz CT molecular complexity index is 894. The van der Waals surface area contributed by atoms with Crippen LogP contribution in [0.1, 0.15) is 37.0 Å². The van der Waals surface area contributed by atoms with Crippen molar-refractivity contribution >= 4 is 29.2 Å². The van der Waals surface area contributed by atoms with E-state index in [-0.39, 0.29) is 24.3 Å². The molecular weight excluding hydrogens is 372 g/mol. The van der Waals surface area contributed by atoms with Crippen molar-refractivity contribution in [3.63, 3.8) is 0 Å². The third-order valence-corrected chi connectivity index (χ3v) is 4.57. The highest BCUT2D eigenvalue weighted by molar-refractivity contribution is 5.99. The first kappa shape index (κ1) is 20.4. The molecule has 7 nitrogen and oxygen atoms in total. The molecule has 0 saturated carbocycles. The van der Waals surface area contributed by atoms with E-state index in [1.54, 1.807) is 42.5 Å². The molecule has 0 aliphatic carbocycles. The van der Waals surface area contributed by atoms with E-state index in [4.69, 9.17) is 9.47 Å². The summed E-state index contributed by atoms with van der Waals surface area (Å²) in [6, 6.07) is 13.6. The second-order valence-electron chi connectivity index (χ2n) is 6.76. The van der Waals surface area contributed by atoms with Crippen LogP contribution in [0.5, 0.6) is 5.75 Å². The van der Waals surface area contributed by atoms with Crippen LogP contribution < -0.4 is 15.0 Å². The van der Waals surface area contributed by atoms with Crippen molar-refractivity contribution in [3.05, 3.63) is 54.1 Å². The summed E-state index contributed by atoms with van der Waals surface area (Å²) in [5.41, 5.74) is 1.59. The maximum atomic E-state index is 12.7. The zero-order valence-corrected chi connectivity index (χ0v) is 16.5. The molecular formula is C22H24N2O5. The summed E-state index contributed by atoms with van der Waals surface area (Å²) in [6.07, 6.45) is 0.932. The van der Waals surface area contributed by atoms with Crippen LogP contribution in [0.15, 0.2) is 48.5 Å². The van der Waals surface area contributed by atoms with E-state index in [0.717, 1.165) is 12.8 Å². The lowest BCUT2D eigenvalue weighted by molar-refractivity contribution is -0.123. The van der Waals surface area contributed by atoms with Crippen LogP contribution >= 0.6 is 0 Å². The van der Waals surface area contributed by atoms with Crippen LogP contribution in [0.4, 0.5) is 11.4 Å². The van der Waals surface area contributed by atoms with Gasteiger partial charge in [-0.25, -0.2) is 4.79 Å². The van der Waals surface area contributed by atoms with Crippen molar-refractivity contribution in [2.45, 2.75) is 32.8 Å². The van der Waals surface area contributed by atoms with Gasteiger partial charge in [0.15, 0.2) is 6.10 Å². The topological polar surface area (TPSA) is 84.9 Å². The van der Waals surface area contributed by atoms with Gasteiger partial charge in [-0.15, -0.1) is 0 Å². The molecule has 1 unspecified atom stereocenters. The Morgan fingerprint density at radius 2 is 1.86 bits per heavy atom. The van der Waals surface area contributed by atoms with Crippen molar-refractivity contribution in [2.75, 3.05) is 23.4 Å². The standard InChI is InChI=1S/C22H24N2O5/c1-3-4-13-28-22(27)16-9-11-17(12-10-16)23-21(26)20-14-24(15(2)25)18-7-5-6-8-19(18)29-20/h5-12,20H,3-4,13-14H2,1-2H3,(H,23,26). The zero-order chi connectivity index (χ0) is 20.8. The molecule has 3 rings (SSSR count). The number of hydrogen-bond donors (Lipinski definition) is 1. The number of anilines is 2. The van der Waals surface area contributed by atoms with Crippen molar-refractivity contribution in [1.29, 1.82) is 0 Å². The highest BCUT2D eigenvalue weighted by atomic mass is 16.5. The molecule has 0 bridgehead atoms. The van der Waals surface area contributed by atoms with Gasteiger partial charge < -0.3 is 19.7 Å². The van der Waals surface area contributed by atoms with Gasteiger partial charge in [0.25, 0.3) is 5.91 Å². The Morgan fingerprint density at radius 3 is 2.55 bits per heavy atom. The second kappa shape index (κ2) is 9.23. The van der Waals surface area contributed by atoms with E-state index >= 15 is 0 Å². The predicted octanol–water partition coefficient (Wildman–Crippen LogP) is 3.40. The van der Waals surface area contributed by atoms with Crippen molar-refractivity contribution in [2.24, 2.45) is 0 Å². The van der Waals surface area contributed by atoms with Gasteiger partial charge in [0.2, 0.25) is 5.91 Å². The predicted molar refractivity (Wildman–Crippen MR) is 109 cm³/mol. The molecule has 152 valence electrons. The van der Waals surface area contributed by atoms with Gasteiger partial charge in [0, 0.05) is 12.6 Å². The molecule has 0 aromatic heterocycles. The molecule has 0 radical (unpaired) electrons. The number of rotatable bonds is 6. The third kappa shape index (κ3) is 4.93. The molecule has 29 heavy (non-hydrogen) atoms. The van der Waals surface area contributed by atoms with Gasteiger partial charge in [-0.1, -0.05) is 25.5 Å². The van der Waals surface area contributed by atoms with Gasteiger partial charge >= 0.3 is 5.97 Å². The lowest BCUT2D eigenvalue weighted by Gasteiger charge is -2.33. The van der Waals surface area contributed by atoms with Crippen LogP contribution in [0.2, 0.25) is 0 Å². The Morgan fingerprint density at radius 1 is 1.14 bits per heavy atom. The van der Waals surface area contributed by atoms with E-state index in [1.807, 2.05) is 13.0 Å². The Hall–Kier alpha value is -3.35. The number of nitrogens with one attached hydrogen (secondary N) is 1. The van der Waals surface area contributed by atoms with E-state index < -0.39 is 6.10 Å². The Labute approximate surface area is 169 Å². The fourth-order valence-corrected chi connectivity index (χ4v) is 2.97. The van der Waals surface area contributed by atoms with Gasteiger partial charge in [-0.05, 0) is 42.8 Å². The summed E-state index contributed by atoms with van der Waals surface area (Å²) in [5, 5.41) is 2.77. The van der Waals surface area contributed by atoms with Crippen LogP contribution in [0.3, 0.4) is 0 Å². The first-order chi connectivity index (χ1) is 14.0. The molecule has 1 atom stereocenters. The molecule has 0 spiro atoms. The highest BCUT2D eigenvalue weighted by Gasteiger charge is 2.32. The third-order valence-electron chi connectivity index (χ3n) is 4.57. The average molecular weight is 396 g/mol. The summed E-state index contributed by atoms with van der Waals surface area (Å²) < 4.78 is 11.0. The summed E-state index contributed by atoms with van der Waals surface area (Å²) in [4.78, 5) is 38.1. The highest BCUT2D eigenvalue weighted by Crippen LogP contribution is 2.33. The number of amides is 2. The number of unbranched alkanes of at least 4 members (excludes halogenated alkanes) is 1. The van der Waals surface area contributed by atoms with Crippen LogP contribution in [-0.2, 0) is 14.3 Å². The minimum atomic E-state index is -0.840. The van der Waals surface area contributed by atoms with Crippen molar-refractivity contribution < 1.29 is 23.9 Å². The Balaban J connectivity index is 1.64. The molecule has 2 aromatic carbocycles. The maximum Gasteiger partial charge on any atom is 0.338 e. The fraction of sp³-hybridized carbons (Fsp3) is 0.318. The van der Waals surface area contributed by atoms with Crippen LogP contribution in [0, 0.1) is 0 Å². The molecule has 2 aromatic rings. The minimum absolute atomic E-state index is 0.125. The van der Waals surface area contributed by atoms with Crippen molar-refractivity contribution in [1.82, 2.24) is 0 Å². The number of carbonyl (C=O) groups is 3. The van der Waals surface area contributed by atoms with Crippen LogP contribution in [0.25, 0.3) is 0 Å². The number of ether oxygens (including phenoxy) is 2. The smallest absolute Gasteiger partial charge is 0.338 e. The van der Waals surface area contributed by atoms with Gasteiger partial charge in [-0.2, -0.15) is 0 Å². The maximum absolute atomic E-state index is 12.7. The van der Waals surface area contributed by atoms with Gasteiger partial charge in [0.05, 0.1) is 24.4 Å². The summed E-state index contributed by atoms with van der Waals surface area (Å²) in [5.74, 6) is -0.437. The number of esters is 1. The van der Waals surface area contributed by atoms with Gasteiger partial charge in [-0.3, -0.25) is 9.59 Å². The monoisotopic (exact) mass is 396 g/mol. The number of benzene rings is 2. The number of hydrogen-bond acceptors (Lipinski definition) is 5. The van der Waals surface area contributed by atoms with E-state index in [2.05, 4.69) is 5.32 Å². The van der Waals surface area contributed by atoms with Crippen molar-refractivity contribution in [3.8, 4) is 5.75 Å². The average Bonchev–Trinajstić information content (AvgIpc) is 2.73. The summed E-state index contributed by atoms with van der Waals surface area (Å²) in [6.45, 7) is 3.99. The lowest BCUT2D eigenvalue weighted by atomic mass is 10.1. The SMILES string of the molecule is CCCCOC(=O)c1ccc(NC(=O)C2CN(C(C)=O)c3ccccc3O2)cc1. The molecule has 0 fully saturated rings. The molecule has 1 aliphatic rings. The Kier molecular flexibility index (Phi) is 6.49. The van der Waals surface area contributed by atoms with Gasteiger partial charge in [0.1, 0.15) is 5.75 Å². The summed E-state index contributed by atoms with van der Waals surface area (Å²) in [7, 11) is 0. The molecule has 1 N–H and O–H groups in total. The number of nitrogens with zero attached hydrogens (tertiary/aromatic N) is 1. The lowest BCUT2D eigenvalue weighted by Crippen LogP contribution is -2.48. The minimum Gasteiger partial charge on any atom is -0.476 e. The number of para-hydroxylation sites is 2. The van der Waals surface area contributed by atoms with E-state index in [1.165, 1.54) is 11.8 Å². The summed E-state index contributed by atoms with van der Waals surface area (Å²) >= 11 is 0. The number of fused-ring (bicyclic) bond motifs is 1.